The lowest BCUT2D eigenvalue weighted by Crippen LogP contribution is -2.31. The highest BCUT2D eigenvalue weighted by atomic mass is 16.5. The smallest absolute Gasteiger partial charge is 0.255 e. The van der Waals surface area contributed by atoms with Gasteiger partial charge in [-0.3, -0.25) is 9.59 Å². The summed E-state index contributed by atoms with van der Waals surface area (Å²) in [6, 6.07) is 14.3. The van der Waals surface area contributed by atoms with Crippen molar-refractivity contribution in [3.05, 3.63) is 59.7 Å². The van der Waals surface area contributed by atoms with Crippen molar-refractivity contribution in [2.24, 2.45) is 0 Å². The summed E-state index contributed by atoms with van der Waals surface area (Å²) in [5.74, 6) is -0.447. The van der Waals surface area contributed by atoms with Gasteiger partial charge in [0.15, 0.2) is 0 Å². The van der Waals surface area contributed by atoms with Crippen LogP contribution in [-0.2, 0) is 4.74 Å². The van der Waals surface area contributed by atoms with Gasteiger partial charge >= 0.3 is 0 Å². The maximum absolute atomic E-state index is 12.5. The molecular weight excluding hydrogens is 342 g/mol. The monoisotopic (exact) mass is 367 g/mol. The Morgan fingerprint density at radius 1 is 1.07 bits per heavy atom. The first-order valence-electron chi connectivity index (χ1n) is 9.11. The minimum atomic E-state index is -0.249. The third-order valence-electron chi connectivity index (χ3n) is 4.54. The first-order valence-corrected chi connectivity index (χ1v) is 9.11. The molecule has 2 N–H and O–H groups in total. The van der Waals surface area contributed by atoms with Crippen LogP contribution in [0.5, 0.6) is 0 Å². The Hall–Kier alpha value is -2.86. The first-order chi connectivity index (χ1) is 13.0. The van der Waals surface area contributed by atoms with Gasteiger partial charge in [0, 0.05) is 49.7 Å². The molecule has 1 aliphatic heterocycles. The summed E-state index contributed by atoms with van der Waals surface area (Å²) in [6.45, 7) is 1.25. The van der Waals surface area contributed by atoms with E-state index in [1.807, 2.05) is 43.3 Å². The number of nitrogens with one attached hydrogen (secondary N) is 2. The molecule has 0 saturated carbocycles. The molecule has 2 aromatic carbocycles. The third-order valence-corrected chi connectivity index (χ3v) is 4.54. The largest absolute Gasteiger partial charge is 0.378 e. The maximum Gasteiger partial charge on any atom is 0.255 e. The summed E-state index contributed by atoms with van der Waals surface area (Å²) in [5.41, 5.74) is 2.66. The summed E-state index contributed by atoms with van der Waals surface area (Å²) >= 11 is 0. The molecule has 6 nitrogen and oxygen atoms in total. The van der Waals surface area contributed by atoms with E-state index in [0.29, 0.717) is 23.4 Å². The minimum Gasteiger partial charge on any atom is -0.378 e. The van der Waals surface area contributed by atoms with Gasteiger partial charge in [-0.25, -0.2) is 0 Å². The van der Waals surface area contributed by atoms with Crippen molar-refractivity contribution in [2.75, 3.05) is 37.5 Å². The second-order valence-corrected chi connectivity index (χ2v) is 6.82. The number of carbonyl (C=O) groups is 2. The van der Waals surface area contributed by atoms with Gasteiger partial charge in [0.25, 0.3) is 11.8 Å². The first kappa shape index (κ1) is 18.9. The number of hydrogen-bond donors (Lipinski definition) is 2. The van der Waals surface area contributed by atoms with Gasteiger partial charge in [0.05, 0.1) is 6.10 Å². The van der Waals surface area contributed by atoms with Crippen LogP contribution in [0.1, 0.15) is 33.6 Å². The lowest BCUT2D eigenvalue weighted by Gasteiger charge is -2.13. The van der Waals surface area contributed by atoms with Gasteiger partial charge in [0.2, 0.25) is 0 Å². The van der Waals surface area contributed by atoms with Crippen molar-refractivity contribution >= 4 is 23.2 Å². The maximum atomic E-state index is 12.5. The zero-order valence-corrected chi connectivity index (χ0v) is 15.7. The molecule has 3 rings (SSSR count). The van der Waals surface area contributed by atoms with Crippen molar-refractivity contribution in [3.8, 4) is 0 Å². The second-order valence-electron chi connectivity index (χ2n) is 6.82. The normalized spacial score (nSPS) is 16.0. The molecule has 0 radical (unpaired) electrons. The molecule has 0 aliphatic carbocycles. The molecule has 0 aromatic heterocycles. The van der Waals surface area contributed by atoms with Crippen LogP contribution in [-0.4, -0.2) is 45.2 Å². The second kappa shape index (κ2) is 8.68. The number of amides is 2. The Morgan fingerprint density at radius 2 is 1.78 bits per heavy atom. The molecule has 1 heterocycles. The van der Waals surface area contributed by atoms with Crippen LogP contribution in [0.25, 0.3) is 0 Å². The molecule has 0 spiro atoms. The number of nitrogens with zero attached hydrogens (tertiary/aromatic N) is 1. The summed E-state index contributed by atoms with van der Waals surface area (Å²) in [6.07, 6.45) is 2.09. The van der Waals surface area contributed by atoms with Gasteiger partial charge in [-0.1, -0.05) is 6.07 Å². The molecule has 1 saturated heterocycles. The highest BCUT2D eigenvalue weighted by Gasteiger charge is 2.17. The minimum absolute atomic E-state index is 0.0885. The van der Waals surface area contributed by atoms with Gasteiger partial charge in [-0.15, -0.1) is 0 Å². The van der Waals surface area contributed by atoms with E-state index >= 15 is 0 Å². The van der Waals surface area contributed by atoms with E-state index in [-0.39, 0.29) is 17.9 Å². The number of rotatable bonds is 6. The fourth-order valence-corrected chi connectivity index (χ4v) is 2.96. The van der Waals surface area contributed by atoms with E-state index in [1.165, 1.54) is 0 Å². The van der Waals surface area contributed by atoms with Crippen LogP contribution in [0.15, 0.2) is 48.5 Å². The number of benzene rings is 2. The fraction of sp³-hybridized carbons (Fsp3) is 0.333. The quantitative estimate of drug-likeness (QED) is 0.824. The molecule has 27 heavy (non-hydrogen) atoms. The predicted molar refractivity (Wildman–Crippen MR) is 106 cm³/mol. The number of anilines is 2. The van der Waals surface area contributed by atoms with Crippen LogP contribution < -0.4 is 15.5 Å². The van der Waals surface area contributed by atoms with Crippen LogP contribution >= 0.6 is 0 Å². The van der Waals surface area contributed by atoms with E-state index in [4.69, 9.17) is 4.74 Å². The van der Waals surface area contributed by atoms with Gasteiger partial charge < -0.3 is 20.3 Å². The van der Waals surface area contributed by atoms with Crippen molar-refractivity contribution < 1.29 is 14.3 Å². The predicted octanol–water partition coefficient (Wildman–Crippen LogP) is 2.91. The molecule has 1 unspecified atom stereocenters. The zero-order chi connectivity index (χ0) is 19.2. The Balaban J connectivity index is 1.61. The average molecular weight is 367 g/mol. The van der Waals surface area contributed by atoms with Crippen molar-refractivity contribution in [2.45, 2.75) is 18.9 Å². The Bertz CT molecular complexity index is 797. The topological polar surface area (TPSA) is 70.7 Å². The standard InChI is InChI=1S/C21H25N3O3/c1-24(2)18-10-8-17(9-11-18)23-21(26)16-6-3-5-15(13-16)20(25)22-14-19-7-4-12-27-19/h3,5-6,8-11,13,19H,4,7,12,14H2,1-2H3,(H,22,25)(H,23,26). The SMILES string of the molecule is CN(C)c1ccc(NC(=O)c2cccc(C(=O)NCC3CCCO3)c2)cc1. The van der Waals surface area contributed by atoms with Crippen LogP contribution in [0, 0.1) is 0 Å². The van der Waals surface area contributed by atoms with E-state index in [2.05, 4.69) is 10.6 Å². The van der Waals surface area contributed by atoms with Crippen molar-refractivity contribution in [1.29, 1.82) is 0 Å². The van der Waals surface area contributed by atoms with Crippen molar-refractivity contribution in [1.82, 2.24) is 5.32 Å². The Kier molecular flexibility index (Phi) is 6.08. The van der Waals surface area contributed by atoms with E-state index in [1.54, 1.807) is 24.3 Å². The van der Waals surface area contributed by atoms with Crippen LogP contribution in [0.2, 0.25) is 0 Å². The Labute approximate surface area is 159 Å². The molecule has 0 bridgehead atoms. The van der Waals surface area contributed by atoms with Crippen LogP contribution in [0.4, 0.5) is 11.4 Å². The third kappa shape index (κ3) is 5.08. The van der Waals surface area contributed by atoms with Gasteiger partial charge in [0.1, 0.15) is 0 Å². The molecule has 2 aromatic rings. The van der Waals surface area contributed by atoms with Crippen molar-refractivity contribution in [3.63, 3.8) is 0 Å². The van der Waals surface area contributed by atoms with E-state index in [9.17, 15) is 9.59 Å². The highest BCUT2D eigenvalue weighted by molar-refractivity contribution is 6.06. The lowest BCUT2D eigenvalue weighted by atomic mass is 10.1. The van der Waals surface area contributed by atoms with Crippen LogP contribution in [0.3, 0.4) is 0 Å². The highest BCUT2D eigenvalue weighted by Crippen LogP contribution is 2.17. The van der Waals surface area contributed by atoms with Gasteiger partial charge in [-0.05, 0) is 55.3 Å². The zero-order valence-electron chi connectivity index (χ0n) is 15.7. The number of hydrogen-bond acceptors (Lipinski definition) is 4. The lowest BCUT2D eigenvalue weighted by molar-refractivity contribution is 0.0858. The van der Waals surface area contributed by atoms with E-state index < -0.39 is 0 Å². The molecule has 2 amide bonds. The average Bonchev–Trinajstić information content (AvgIpc) is 3.20. The molecular formula is C21H25N3O3. The summed E-state index contributed by atoms with van der Waals surface area (Å²) < 4.78 is 5.51. The van der Waals surface area contributed by atoms with E-state index in [0.717, 1.165) is 25.1 Å². The molecule has 1 atom stereocenters. The molecule has 1 fully saturated rings. The summed E-state index contributed by atoms with van der Waals surface area (Å²) in [7, 11) is 3.92. The molecule has 1 aliphatic rings. The fourth-order valence-electron chi connectivity index (χ4n) is 2.96. The Morgan fingerprint density at radius 3 is 2.41 bits per heavy atom. The summed E-state index contributed by atoms with van der Waals surface area (Å²) in [4.78, 5) is 26.8. The number of ether oxygens (including phenoxy) is 1. The molecule has 6 heteroatoms. The summed E-state index contributed by atoms with van der Waals surface area (Å²) in [5, 5.41) is 5.73. The number of carbonyl (C=O) groups excluding carboxylic acids is 2. The van der Waals surface area contributed by atoms with Gasteiger partial charge in [-0.2, -0.15) is 0 Å². The molecule has 142 valence electrons.